The van der Waals surface area contributed by atoms with Crippen molar-refractivity contribution >= 4 is 23.1 Å². The number of amides is 1. The van der Waals surface area contributed by atoms with Crippen LogP contribution in [-0.2, 0) is 11.2 Å². The lowest BCUT2D eigenvalue weighted by atomic mass is 10.1. The molecule has 10 heteroatoms. The van der Waals surface area contributed by atoms with Crippen LogP contribution in [0.4, 0.5) is 11.5 Å². The zero-order valence-electron chi connectivity index (χ0n) is 14.4. The predicted octanol–water partition coefficient (Wildman–Crippen LogP) is 0.924. The summed E-state index contributed by atoms with van der Waals surface area (Å²) in [6.45, 7) is 2.49. The van der Waals surface area contributed by atoms with Gasteiger partial charge in [-0.2, -0.15) is 4.52 Å². The van der Waals surface area contributed by atoms with E-state index < -0.39 is 4.92 Å². The molecule has 27 heavy (non-hydrogen) atoms. The molecule has 0 bridgehead atoms. The van der Waals surface area contributed by atoms with Gasteiger partial charge in [0.25, 0.3) is 5.69 Å². The van der Waals surface area contributed by atoms with E-state index in [0.717, 1.165) is 5.82 Å². The molecular weight excluding hydrogens is 350 g/mol. The maximum atomic E-state index is 12.5. The molecular formula is C17H17N7O3. The van der Waals surface area contributed by atoms with Crippen molar-refractivity contribution in [3.05, 3.63) is 58.4 Å². The van der Waals surface area contributed by atoms with Crippen LogP contribution in [0.2, 0.25) is 0 Å². The van der Waals surface area contributed by atoms with E-state index >= 15 is 0 Å². The van der Waals surface area contributed by atoms with Crippen molar-refractivity contribution in [1.82, 2.24) is 24.7 Å². The summed E-state index contributed by atoms with van der Waals surface area (Å²) >= 11 is 0. The average Bonchev–Trinajstić information content (AvgIpc) is 3.16. The summed E-state index contributed by atoms with van der Waals surface area (Å²) in [6.07, 6.45) is 1.71. The molecule has 0 saturated carbocycles. The number of aromatic nitrogens is 4. The van der Waals surface area contributed by atoms with Gasteiger partial charge in [0.1, 0.15) is 12.1 Å². The third-order valence-corrected chi connectivity index (χ3v) is 4.58. The van der Waals surface area contributed by atoms with E-state index in [0.29, 0.717) is 37.4 Å². The number of nitro benzene ring substituents is 1. The van der Waals surface area contributed by atoms with E-state index in [4.69, 9.17) is 0 Å². The maximum absolute atomic E-state index is 12.5. The van der Waals surface area contributed by atoms with Gasteiger partial charge in [0, 0.05) is 38.3 Å². The second-order valence-electron chi connectivity index (χ2n) is 6.30. The van der Waals surface area contributed by atoms with Crippen LogP contribution in [0.3, 0.4) is 0 Å². The number of carbonyl (C=O) groups is 1. The topological polar surface area (TPSA) is 110 Å². The number of benzene rings is 1. The van der Waals surface area contributed by atoms with Crippen molar-refractivity contribution in [2.75, 3.05) is 31.1 Å². The smallest absolute Gasteiger partial charge is 0.269 e. The van der Waals surface area contributed by atoms with Crippen LogP contribution in [0.1, 0.15) is 5.56 Å². The SMILES string of the molecule is O=C(Cc1cccc([N+](=O)[O-])c1)N1CCN(c2ccc3nncn3n2)CC1. The number of piperazine rings is 1. The summed E-state index contributed by atoms with van der Waals surface area (Å²) in [6, 6.07) is 9.96. The number of carbonyl (C=O) groups excluding carboxylic acids is 1. The molecule has 4 rings (SSSR count). The molecule has 1 aromatic carbocycles. The van der Waals surface area contributed by atoms with Crippen LogP contribution in [0.5, 0.6) is 0 Å². The third kappa shape index (κ3) is 3.54. The maximum Gasteiger partial charge on any atom is 0.269 e. The summed E-state index contributed by atoms with van der Waals surface area (Å²) in [4.78, 5) is 26.8. The monoisotopic (exact) mass is 367 g/mol. The molecule has 0 atom stereocenters. The van der Waals surface area contributed by atoms with Gasteiger partial charge in [0.2, 0.25) is 5.91 Å². The fraction of sp³-hybridized carbons (Fsp3) is 0.294. The van der Waals surface area contributed by atoms with E-state index in [1.54, 1.807) is 27.9 Å². The number of anilines is 1. The lowest BCUT2D eigenvalue weighted by Crippen LogP contribution is -2.49. The Balaban J connectivity index is 1.37. The predicted molar refractivity (Wildman–Crippen MR) is 96.4 cm³/mol. The van der Waals surface area contributed by atoms with Crippen LogP contribution < -0.4 is 4.90 Å². The molecule has 0 radical (unpaired) electrons. The highest BCUT2D eigenvalue weighted by atomic mass is 16.6. The largest absolute Gasteiger partial charge is 0.352 e. The van der Waals surface area contributed by atoms with Crippen molar-refractivity contribution in [2.24, 2.45) is 0 Å². The highest BCUT2D eigenvalue weighted by Crippen LogP contribution is 2.17. The summed E-state index contributed by atoms with van der Waals surface area (Å²) in [5.41, 5.74) is 1.33. The lowest BCUT2D eigenvalue weighted by molar-refractivity contribution is -0.384. The molecule has 1 aliphatic heterocycles. The van der Waals surface area contributed by atoms with Gasteiger partial charge in [-0.1, -0.05) is 12.1 Å². The first-order chi connectivity index (χ1) is 13.1. The fourth-order valence-electron chi connectivity index (χ4n) is 3.14. The highest BCUT2D eigenvalue weighted by Gasteiger charge is 2.22. The normalized spacial score (nSPS) is 14.5. The number of non-ortho nitro benzene ring substituents is 1. The minimum atomic E-state index is -0.452. The quantitative estimate of drug-likeness (QED) is 0.498. The van der Waals surface area contributed by atoms with E-state index in [1.165, 1.54) is 12.1 Å². The first kappa shape index (κ1) is 16.9. The fourth-order valence-corrected chi connectivity index (χ4v) is 3.14. The molecule has 1 fully saturated rings. The Labute approximate surface area is 154 Å². The van der Waals surface area contributed by atoms with Gasteiger partial charge in [-0.15, -0.1) is 15.3 Å². The summed E-state index contributed by atoms with van der Waals surface area (Å²) in [5.74, 6) is 0.783. The van der Waals surface area contributed by atoms with Gasteiger partial charge in [0.05, 0.1) is 11.3 Å². The zero-order chi connectivity index (χ0) is 18.8. The Morgan fingerprint density at radius 1 is 1.15 bits per heavy atom. The van der Waals surface area contributed by atoms with Gasteiger partial charge in [-0.3, -0.25) is 14.9 Å². The Bertz CT molecular complexity index is 995. The van der Waals surface area contributed by atoms with E-state index in [1.807, 2.05) is 12.1 Å². The first-order valence-electron chi connectivity index (χ1n) is 8.53. The van der Waals surface area contributed by atoms with Crippen LogP contribution in [0.15, 0.2) is 42.7 Å². The van der Waals surface area contributed by atoms with E-state index in [2.05, 4.69) is 20.2 Å². The molecule has 1 saturated heterocycles. The lowest BCUT2D eigenvalue weighted by Gasteiger charge is -2.35. The molecule has 1 aliphatic rings. The number of nitrogens with zero attached hydrogens (tertiary/aromatic N) is 7. The molecule has 3 heterocycles. The third-order valence-electron chi connectivity index (χ3n) is 4.58. The Morgan fingerprint density at radius 3 is 2.74 bits per heavy atom. The van der Waals surface area contributed by atoms with Crippen LogP contribution in [-0.4, -0.2) is 61.7 Å². The molecule has 0 spiro atoms. The second kappa shape index (κ2) is 6.98. The van der Waals surface area contributed by atoms with E-state index in [-0.39, 0.29) is 18.0 Å². The highest BCUT2D eigenvalue weighted by molar-refractivity contribution is 5.79. The molecule has 2 aromatic heterocycles. The average molecular weight is 367 g/mol. The number of rotatable bonds is 4. The van der Waals surface area contributed by atoms with Crippen molar-refractivity contribution < 1.29 is 9.72 Å². The number of hydrogen-bond acceptors (Lipinski definition) is 7. The van der Waals surface area contributed by atoms with Crippen molar-refractivity contribution in [1.29, 1.82) is 0 Å². The Kier molecular flexibility index (Phi) is 4.37. The molecule has 3 aromatic rings. The van der Waals surface area contributed by atoms with Crippen LogP contribution >= 0.6 is 0 Å². The number of nitro groups is 1. The summed E-state index contributed by atoms with van der Waals surface area (Å²) < 4.78 is 1.62. The standard InChI is InChI=1S/C17H17N7O3/c25-17(11-13-2-1-3-14(10-13)24(26)27)22-8-6-21(7-9-22)16-5-4-15-19-18-12-23(15)20-16/h1-5,10,12H,6-9,11H2. The number of fused-ring (bicyclic) bond motifs is 1. The van der Waals surface area contributed by atoms with Gasteiger partial charge < -0.3 is 9.80 Å². The van der Waals surface area contributed by atoms with Crippen LogP contribution in [0.25, 0.3) is 5.65 Å². The second-order valence-corrected chi connectivity index (χ2v) is 6.30. The minimum absolute atomic E-state index is 0.000535. The first-order valence-corrected chi connectivity index (χ1v) is 8.53. The van der Waals surface area contributed by atoms with Crippen LogP contribution in [0, 0.1) is 10.1 Å². The van der Waals surface area contributed by atoms with Crippen molar-refractivity contribution in [3.63, 3.8) is 0 Å². The Hall–Kier alpha value is -3.56. The zero-order valence-corrected chi connectivity index (χ0v) is 14.4. The molecule has 0 unspecified atom stereocenters. The van der Waals surface area contributed by atoms with Gasteiger partial charge in [-0.05, 0) is 17.7 Å². The summed E-state index contributed by atoms with van der Waals surface area (Å²) in [5, 5.41) is 23.1. The number of hydrogen-bond donors (Lipinski definition) is 0. The van der Waals surface area contributed by atoms with E-state index in [9.17, 15) is 14.9 Å². The Morgan fingerprint density at radius 2 is 1.96 bits per heavy atom. The van der Waals surface area contributed by atoms with Gasteiger partial charge in [-0.25, -0.2) is 0 Å². The van der Waals surface area contributed by atoms with Gasteiger partial charge in [0.15, 0.2) is 5.65 Å². The molecule has 1 amide bonds. The molecule has 0 N–H and O–H groups in total. The minimum Gasteiger partial charge on any atom is -0.352 e. The van der Waals surface area contributed by atoms with Gasteiger partial charge >= 0.3 is 0 Å². The molecule has 138 valence electrons. The molecule has 0 aliphatic carbocycles. The van der Waals surface area contributed by atoms with Crippen molar-refractivity contribution in [2.45, 2.75) is 6.42 Å². The molecule has 10 nitrogen and oxygen atoms in total. The van der Waals surface area contributed by atoms with Crippen molar-refractivity contribution in [3.8, 4) is 0 Å². The summed E-state index contributed by atoms with van der Waals surface area (Å²) in [7, 11) is 0.